The fraction of sp³-hybridized carbons (Fsp3) is 0.250. The maximum absolute atomic E-state index is 13.6. The van der Waals surface area contributed by atoms with Gasteiger partial charge in [0, 0.05) is 19.3 Å². The maximum Gasteiger partial charge on any atom is 0.418 e. The molecule has 2 rings (SSSR count). The SMILES string of the molecule is Cc1ccc(CN(C)c2ccc(S(N)(=O)=O)cc2C(F)(F)F)cc1F. The van der Waals surface area contributed by atoms with E-state index in [0.29, 0.717) is 17.2 Å². The fourth-order valence-electron chi connectivity index (χ4n) is 2.35. The minimum absolute atomic E-state index is 0.00893. The first kappa shape index (κ1) is 19.2. The minimum atomic E-state index is -4.77. The zero-order chi connectivity index (χ0) is 19.0. The Kier molecular flexibility index (Phi) is 5.10. The Bertz CT molecular complexity index is 895. The van der Waals surface area contributed by atoms with Crippen LogP contribution in [0.3, 0.4) is 0 Å². The molecule has 25 heavy (non-hydrogen) atoms. The molecule has 0 aliphatic carbocycles. The lowest BCUT2D eigenvalue weighted by atomic mass is 10.1. The topological polar surface area (TPSA) is 63.4 Å². The average Bonchev–Trinajstić information content (AvgIpc) is 2.48. The van der Waals surface area contributed by atoms with Crippen LogP contribution < -0.4 is 10.0 Å². The van der Waals surface area contributed by atoms with Crippen LogP contribution in [0.1, 0.15) is 16.7 Å². The number of primary sulfonamides is 1. The number of sulfonamides is 1. The summed E-state index contributed by atoms with van der Waals surface area (Å²) in [5.74, 6) is -0.452. The molecule has 0 saturated heterocycles. The van der Waals surface area contributed by atoms with Gasteiger partial charge in [0.2, 0.25) is 10.0 Å². The Balaban J connectivity index is 2.44. The van der Waals surface area contributed by atoms with E-state index in [4.69, 9.17) is 5.14 Å². The van der Waals surface area contributed by atoms with Crippen LogP contribution in [-0.2, 0) is 22.7 Å². The van der Waals surface area contributed by atoms with E-state index < -0.39 is 32.5 Å². The third-order valence-electron chi connectivity index (χ3n) is 3.67. The first-order chi connectivity index (χ1) is 11.4. The molecule has 0 amide bonds. The average molecular weight is 376 g/mol. The second-order valence-corrected chi connectivity index (χ2v) is 7.22. The van der Waals surface area contributed by atoms with Crippen LogP contribution in [0.4, 0.5) is 23.2 Å². The molecule has 0 radical (unpaired) electrons. The van der Waals surface area contributed by atoms with Crippen molar-refractivity contribution in [3.8, 4) is 0 Å². The number of alkyl halides is 3. The van der Waals surface area contributed by atoms with Crippen LogP contribution in [0, 0.1) is 12.7 Å². The number of hydrogen-bond donors (Lipinski definition) is 1. The molecule has 0 bridgehead atoms. The Morgan fingerprint density at radius 1 is 1.12 bits per heavy atom. The van der Waals surface area contributed by atoms with Gasteiger partial charge in [-0.15, -0.1) is 0 Å². The van der Waals surface area contributed by atoms with Gasteiger partial charge in [-0.05, 0) is 42.3 Å². The number of benzene rings is 2. The van der Waals surface area contributed by atoms with Crippen LogP contribution in [-0.4, -0.2) is 15.5 Å². The van der Waals surface area contributed by atoms with Crippen molar-refractivity contribution >= 4 is 15.7 Å². The highest BCUT2D eigenvalue weighted by molar-refractivity contribution is 7.89. The van der Waals surface area contributed by atoms with Gasteiger partial charge in [-0.3, -0.25) is 0 Å². The molecule has 0 aromatic heterocycles. The molecule has 2 aromatic carbocycles. The highest BCUT2D eigenvalue weighted by atomic mass is 32.2. The summed E-state index contributed by atoms with van der Waals surface area (Å²) in [6, 6.07) is 6.93. The summed E-state index contributed by atoms with van der Waals surface area (Å²) in [6.45, 7) is 1.59. The number of nitrogens with zero attached hydrogens (tertiary/aromatic N) is 1. The first-order valence-electron chi connectivity index (χ1n) is 7.10. The van der Waals surface area contributed by atoms with Crippen molar-refractivity contribution < 1.29 is 26.0 Å². The van der Waals surface area contributed by atoms with E-state index in [9.17, 15) is 26.0 Å². The molecule has 0 aliphatic heterocycles. The largest absolute Gasteiger partial charge is 0.418 e. The van der Waals surface area contributed by atoms with Gasteiger partial charge in [0.05, 0.1) is 10.5 Å². The zero-order valence-corrected chi connectivity index (χ0v) is 14.2. The summed E-state index contributed by atoms with van der Waals surface area (Å²) in [4.78, 5) is 0.637. The summed E-state index contributed by atoms with van der Waals surface area (Å²) in [5.41, 5.74) is -0.455. The molecule has 0 fully saturated rings. The van der Waals surface area contributed by atoms with Crippen LogP contribution in [0.5, 0.6) is 0 Å². The van der Waals surface area contributed by atoms with Crippen LogP contribution >= 0.6 is 0 Å². The smallest absolute Gasteiger partial charge is 0.370 e. The highest BCUT2D eigenvalue weighted by Crippen LogP contribution is 2.38. The molecule has 2 N–H and O–H groups in total. The van der Waals surface area contributed by atoms with Crippen molar-refractivity contribution in [2.24, 2.45) is 5.14 Å². The molecular weight excluding hydrogens is 360 g/mol. The molecule has 0 saturated carbocycles. The number of aryl methyl sites for hydroxylation is 1. The number of nitrogens with two attached hydrogens (primary N) is 1. The first-order valence-corrected chi connectivity index (χ1v) is 8.64. The van der Waals surface area contributed by atoms with E-state index in [-0.39, 0.29) is 12.2 Å². The number of hydrogen-bond acceptors (Lipinski definition) is 3. The second-order valence-electron chi connectivity index (χ2n) is 5.66. The van der Waals surface area contributed by atoms with E-state index >= 15 is 0 Å². The van der Waals surface area contributed by atoms with Gasteiger partial charge in [-0.2, -0.15) is 13.2 Å². The number of rotatable bonds is 4. The van der Waals surface area contributed by atoms with Gasteiger partial charge in [0.1, 0.15) is 5.82 Å². The quantitative estimate of drug-likeness (QED) is 0.832. The van der Waals surface area contributed by atoms with E-state index in [0.717, 1.165) is 12.1 Å². The van der Waals surface area contributed by atoms with Crippen molar-refractivity contribution in [2.45, 2.75) is 24.5 Å². The summed E-state index contributed by atoms with van der Waals surface area (Å²) >= 11 is 0. The van der Waals surface area contributed by atoms with Crippen LogP contribution in [0.15, 0.2) is 41.3 Å². The molecule has 4 nitrogen and oxygen atoms in total. The molecule has 0 atom stereocenters. The van der Waals surface area contributed by atoms with E-state index in [2.05, 4.69) is 0 Å². The van der Waals surface area contributed by atoms with Gasteiger partial charge in [-0.1, -0.05) is 12.1 Å². The van der Waals surface area contributed by atoms with Gasteiger partial charge in [0.15, 0.2) is 0 Å². The third-order valence-corrected chi connectivity index (χ3v) is 4.58. The van der Waals surface area contributed by atoms with E-state index in [1.165, 1.54) is 24.1 Å². The molecule has 9 heteroatoms. The lowest BCUT2D eigenvalue weighted by molar-refractivity contribution is -0.137. The van der Waals surface area contributed by atoms with Crippen molar-refractivity contribution in [3.05, 3.63) is 58.9 Å². The standard InChI is InChI=1S/C16H16F4N2O2S/c1-10-3-4-11(7-14(10)17)9-22(2)15-6-5-12(25(21,23)24)8-13(15)16(18,19)20/h3-8H,9H2,1-2H3,(H2,21,23,24). The Morgan fingerprint density at radius 2 is 1.76 bits per heavy atom. The molecular formula is C16H16F4N2O2S. The number of halogens is 4. The molecule has 136 valence electrons. The Hall–Kier alpha value is -2.13. The lowest BCUT2D eigenvalue weighted by Crippen LogP contribution is -2.22. The summed E-state index contributed by atoms with van der Waals surface area (Å²) in [5, 5.41) is 4.90. The Morgan fingerprint density at radius 3 is 2.28 bits per heavy atom. The van der Waals surface area contributed by atoms with Gasteiger partial charge in [-0.25, -0.2) is 17.9 Å². The van der Waals surface area contributed by atoms with E-state index in [1.54, 1.807) is 13.0 Å². The predicted octanol–water partition coefficient (Wildman–Crippen LogP) is 3.44. The summed E-state index contributed by atoms with van der Waals surface area (Å²) in [7, 11) is -2.86. The maximum atomic E-state index is 13.6. The predicted molar refractivity (Wildman–Crippen MR) is 86.1 cm³/mol. The molecule has 2 aromatic rings. The third kappa shape index (κ3) is 4.49. The van der Waals surface area contributed by atoms with Crippen LogP contribution in [0.25, 0.3) is 0 Å². The van der Waals surface area contributed by atoms with Crippen molar-refractivity contribution in [3.63, 3.8) is 0 Å². The monoisotopic (exact) mass is 376 g/mol. The highest BCUT2D eigenvalue weighted by Gasteiger charge is 2.35. The van der Waals surface area contributed by atoms with Gasteiger partial charge < -0.3 is 4.90 Å². The minimum Gasteiger partial charge on any atom is -0.370 e. The van der Waals surface area contributed by atoms with Crippen molar-refractivity contribution in [2.75, 3.05) is 11.9 Å². The van der Waals surface area contributed by atoms with Crippen molar-refractivity contribution in [1.29, 1.82) is 0 Å². The fourth-order valence-corrected chi connectivity index (χ4v) is 2.89. The zero-order valence-electron chi connectivity index (χ0n) is 13.4. The van der Waals surface area contributed by atoms with E-state index in [1.807, 2.05) is 0 Å². The molecule has 0 spiro atoms. The lowest BCUT2D eigenvalue weighted by Gasteiger charge is -2.24. The molecule has 0 aliphatic rings. The van der Waals surface area contributed by atoms with Gasteiger partial charge >= 0.3 is 6.18 Å². The van der Waals surface area contributed by atoms with Crippen molar-refractivity contribution in [1.82, 2.24) is 0 Å². The number of anilines is 1. The Labute approximate surface area is 142 Å². The molecule has 0 unspecified atom stereocenters. The van der Waals surface area contributed by atoms with Crippen LogP contribution in [0.2, 0.25) is 0 Å². The summed E-state index contributed by atoms with van der Waals surface area (Å²) in [6.07, 6.45) is -4.77. The summed E-state index contributed by atoms with van der Waals surface area (Å²) < 4.78 is 76.2. The molecule has 0 heterocycles. The second kappa shape index (κ2) is 6.64. The van der Waals surface area contributed by atoms with Gasteiger partial charge in [0.25, 0.3) is 0 Å². The normalized spacial score (nSPS) is 12.3.